The summed E-state index contributed by atoms with van der Waals surface area (Å²) >= 11 is 5.82. The molecule has 0 radical (unpaired) electrons. The van der Waals surface area contributed by atoms with E-state index in [1.165, 1.54) is 6.07 Å². The standard InChI is InChI=1S/C12H18ClFN2O2S/c1-12(2,16-19(3,17)18)8-15-7-9-5-4-6-10(14)11(9)13/h4-6,15-16H,7-8H2,1-3H3. The van der Waals surface area contributed by atoms with Gasteiger partial charge in [0.15, 0.2) is 0 Å². The highest BCUT2D eigenvalue weighted by Crippen LogP contribution is 2.19. The summed E-state index contributed by atoms with van der Waals surface area (Å²) in [5.74, 6) is -0.463. The Labute approximate surface area is 118 Å². The van der Waals surface area contributed by atoms with Crippen LogP contribution in [0.25, 0.3) is 0 Å². The molecule has 7 heteroatoms. The minimum Gasteiger partial charge on any atom is -0.311 e. The molecule has 0 aromatic heterocycles. The minimum absolute atomic E-state index is 0.0869. The lowest BCUT2D eigenvalue weighted by Crippen LogP contribution is -2.49. The van der Waals surface area contributed by atoms with Crippen LogP contribution >= 0.6 is 11.6 Å². The fourth-order valence-electron chi connectivity index (χ4n) is 1.73. The highest BCUT2D eigenvalue weighted by atomic mass is 35.5. The first-order chi connectivity index (χ1) is 8.61. The van der Waals surface area contributed by atoms with E-state index in [-0.39, 0.29) is 5.02 Å². The number of nitrogens with one attached hydrogen (secondary N) is 2. The van der Waals surface area contributed by atoms with Crippen molar-refractivity contribution in [1.29, 1.82) is 0 Å². The van der Waals surface area contributed by atoms with Gasteiger partial charge in [-0.15, -0.1) is 0 Å². The van der Waals surface area contributed by atoms with Gasteiger partial charge in [-0.2, -0.15) is 0 Å². The van der Waals surface area contributed by atoms with Gasteiger partial charge in [0, 0.05) is 18.6 Å². The van der Waals surface area contributed by atoms with Gasteiger partial charge in [0.1, 0.15) is 5.82 Å². The minimum atomic E-state index is -3.27. The third kappa shape index (κ3) is 5.86. The van der Waals surface area contributed by atoms with Crippen LogP contribution in [0.2, 0.25) is 5.02 Å². The van der Waals surface area contributed by atoms with Crippen LogP contribution in [-0.2, 0) is 16.6 Å². The summed E-state index contributed by atoms with van der Waals surface area (Å²) in [5, 5.41) is 3.14. The summed E-state index contributed by atoms with van der Waals surface area (Å²) < 4.78 is 38.1. The Morgan fingerprint density at radius 2 is 2.00 bits per heavy atom. The Morgan fingerprint density at radius 3 is 2.58 bits per heavy atom. The molecule has 0 unspecified atom stereocenters. The van der Waals surface area contributed by atoms with E-state index in [1.54, 1.807) is 26.0 Å². The third-order valence-electron chi connectivity index (χ3n) is 2.38. The van der Waals surface area contributed by atoms with Crippen LogP contribution in [0.5, 0.6) is 0 Å². The van der Waals surface area contributed by atoms with Crippen LogP contribution in [0.1, 0.15) is 19.4 Å². The van der Waals surface area contributed by atoms with E-state index < -0.39 is 21.4 Å². The molecule has 0 spiro atoms. The van der Waals surface area contributed by atoms with Gasteiger partial charge in [-0.05, 0) is 25.5 Å². The second-order valence-corrected chi connectivity index (χ2v) is 7.20. The molecule has 0 bridgehead atoms. The third-order valence-corrected chi connectivity index (χ3v) is 3.72. The zero-order chi connectivity index (χ0) is 14.7. The van der Waals surface area contributed by atoms with Crippen LogP contribution < -0.4 is 10.0 Å². The zero-order valence-electron chi connectivity index (χ0n) is 11.1. The van der Waals surface area contributed by atoms with Crippen LogP contribution in [0, 0.1) is 5.82 Å². The van der Waals surface area contributed by atoms with Crippen molar-refractivity contribution >= 4 is 21.6 Å². The molecular weight excluding hydrogens is 291 g/mol. The summed E-state index contributed by atoms with van der Waals surface area (Å²) in [7, 11) is -3.27. The van der Waals surface area contributed by atoms with Crippen LogP contribution in [-0.4, -0.2) is 26.8 Å². The molecule has 1 aromatic carbocycles. The van der Waals surface area contributed by atoms with Gasteiger partial charge in [0.2, 0.25) is 10.0 Å². The lowest BCUT2D eigenvalue weighted by molar-refractivity contribution is 0.421. The molecule has 1 rings (SSSR count). The van der Waals surface area contributed by atoms with Gasteiger partial charge in [-0.3, -0.25) is 0 Å². The first-order valence-corrected chi connectivity index (χ1v) is 8.00. The second-order valence-electron chi connectivity index (χ2n) is 5.07. The van der Waals surface area contributed by atoms with E-state index in [9.17, 15) is 12.8 Å². The Hall–Kier alpha value is -0.690. The molecule has 0 heterocycles. The van der Waals surface area contributed by atoms with Crippen molar-refractivity contribution in [3.05, 3.63) is 34.6 Å². The molecule has 108 valence electrons. The number of halogens is 2. The fourth-order valence-corrected chi connectivity index (χ4v) is 3.00. The Kier molecular flexibility index (Phi) is 5.32. The summed E-state index contributed by atoms with van der Waals surface area (Å²) in [4.78, 5) is 0. The first kappa shape index (κ1) is 16.4. The number of hydrogen-bond acceptors (Lipinski definition) is 3. The molecular formula is C12H18ClFN2O2S. The molecule has 0 aliphatic rings. The van der Waals surface area contributed by atoms with Gasteiger partial charge in [0.05, 0.1) is 11.3 Å². The monoisotopic (exact) mass is 308 g/mol. The van der Waals surface area contributed by atoms with Gasteiger partial charge >= 0.3 is 0 Å². The van der Waals surface area contributed by atoms with Crippen LogP contribution in [0.3, 0.4) is 0 Å². The van der Waals surface area contributed by atoms with Crippen molar-refractivity contribution in [3.8, 4) is 0 Å². The Morgan fingerprint density at radius 1 is 1.37 bits per heavy atom. The number of rotatable bonds is 6. The molecule has 1 aromatic rings. The molecule has 0 amide bonds. The highest BCUT2D eigenvalue weighted by Gasteiger charge is 2.21. The number of sulfonamides is 1. The Balaban J connectivity index is 2.57. The van der Waals surface area contributed by atoms with E-state index in [2.05, 4.69) is 10.0 Å². The molecule has 19 heavy (non-hydrogen) atoms. The van der Waals surface area contributed by atoms with Crippen molar-refractivity contribution in [2.45, 2.75) is 25.9 Å². The predicted molar refractivity (Wildman–Crippen MR) is 75.2 cm³/mol. The average molecular weight is 309 g/mol. The summed E-state index contributed by atoms with van der Waals surface area (Å²) in [5.41, 5.74) is 0.00438. The van der Waals surface area contributed by atoms with Crippen LogP contribution in [0.15, 0.2) is 18.2 Å². The number of hydrogen-bond donors (Lipinski definition) is 2. The fraction of sp³-hybridized carbons (Fsp3) is 0.500. The van der Waals surface area contributed by atoms with Crippen molar-refractivity contribution in [1.82, 2.24) is 10.0 Å². The largest absolute Gasteiger partial charge is 0.311 e. The quantitative estimate of drug-likeness (QED) is 0.844. The first-order valence-electron chi connectivity index (χ1n) is 5.73. The van der Waals surface area contributed by atoms with Gasteiger partial charge in [0.25, 0.3) is 0 Å². The van der Waals surface area contributed by atoms with Crippen molar-refractivity contribution in [2.24, 2.45) is 0 Å². The summed E-state index contributed by atoms with van der Waals surface area (Å²) in [6.45, 7) is 4.28. The lowest BCUT2D eigenvalue weighted by atomic mass is 10.1. The smallest absolute Gasteiger partial charge is 0.209 e. The van der Waals surface area contributed by atoms with Gasteiger partial charge in [-0.25, -0.2) is 17.5 Å². The van der Waals surface area contributed by atoms with E-state index in [0.717, 1.165) is 6.26 Å². The molecule has 0 aliphatic carbocycles. The molecule has 0 saturated carbocycles. The van der Waals surface area contributed by atoms with E-state index in [4.69, 9.17) is 11.6 Å². The molecule has 4 nitrogen and oxygen atoms in total. The highest BCUT2D eigenvalue weighted by molar-refractivity contribution is 7.88. The van der Waals surface area contributed by atoms with E-state index >= 15 is 0 Å². The van der Waals surface area contributed by atoms with Crippen LogP contribution in [0.4, 0.5) is 4.39 Å². The van der Waals surface area contributed by atoms with E-state index in [0.29, 0.717) is 18.7 Å². The topological polar surface area (TPSA) is 58.2 Å². The Bertz CT molecular complexity index is 547. The maximum absolute atomic E-state index is 13.2. The average Bonchev–Trinajstić information content (AvgIpc) is 2.20. The van der Waals surface area contributed by atoms with Crippen molar-refractivity contribution in [2.75, 3.05) is 12.8 Å². The normalized spacial score (nSPS) is 12.7. The molecule has 0 saturated heterocycles. The second kappa shape index (κ2) is 6.17. The SMILES string of the molecule is CC(C)(CNCc1cccc(F)c1Cl)NS(C)(=O)=O. The van der Waals surface area contributed by atoms with Gasteiger partial charge < -0.3 is 5.32 Å². The van der Waals surface area contributed by atoms with Crippen molar-refractivity contribution in [3.63, 3.8) is 0 Å². The predicted octanol–water partition coefficient (Wildman–Crippen LogP) is 1.90. The van der Waals surface area contributed by atoms with Crippen molar-refractivity contribution < 1.29 is 12.8 Å². The number of benzene rings is 1. The zero-order valence-corrected chi connectivity index (χ0v) is 12.7. The lowest BCUT2D eigenvalue weighted by Gasteiger charge is -2.25. The maximum Gasteiger partial charge on any atom is 0.209 e. The molecule has 0 aliphatic heterocycles. The summed E-state index contributed by atoms with van der Waals surface area (Å²) in [6, 6.07) is 4.59. The maximum atomic E-state index is 13.2. The van der Waals surface area contributed by atoms with Gasteiger partial charge in [-0.1, -0.05) is 23.7 Å². The summed E-state index contributed by atoms with van der Waals surface area (Å²) in [6.07, 6.45) is 1.11. The molecule has 0 atom stereocenters. The molecule has 0 fully saturated rings. The van der Waals surface area contributed by atoms with E-state index in [1.807, 2.05) is 0 Å². The molecule has 2 N–H and O–H groups in total.